The molecule has 178 valence electrons. The van der Waals surface area contributed by atoms with Crippen molar-refractivity contribution in [3.05, 3.63) is 111 Å². The number of nitrogens with zero attached hydrogens (tertiary/aromatic N) is 2. The third-order valence-corrected chi connectivity index (χ3v) is 6.06. The van der Waals surface area contributed by atoms with Crippen molar-refractivity contribution in [2.45, 2.75) is 39.3 Å². The minimum atomic E-state index is -0.453. The van der Waals surface area contributed by atoms with E-state index in [1.807, 2.05) is 32.0 Å². The van der Waals surface area contributed by atoms with Crippen LogP contribution in [0.25, 0.3) is 11.0 Å². The Morgan fingerprint density at radius 1 is 1.06 bits per heavy atom. The molecule has 0 saturated heterocycles. The number of carbonyl (C=O) groups is 2. The number of carbonyl (C=O) groups excluding carboxylic acids is 2. The molecular formula is C28H26ClN3O3. The first-order chi connectivity index (χ1) is 16.8. The van der Waals surface area contributed by atoms with Crippen LogP contribution in [0.3, 0.4) is 0 Å². The summed E-state index contributed by atoms with van der Waals surface area (Å²) in [6.45, 7) is 3.70. The van der Waals surface area contributed by atoms with Gasteiger partial charge in [0.2, 0.25) is 11.3 Å². The van der Waals surface area contributed by atoms with Gasteiger partial charge >= 0.3 is 0 Å². The largest absolute Gasteiger partial charge is 0.352 e. The molecule has 35 heavy (non-hydrogen) atoms. The van der Waals surface area contributed by atoms with Gasteiger partial charge in [-0.15, -0.1) is 0 Å². The zero-order valence-corrected chi connectivity index (χ0v) is 20.4. The zero-order chi connectivity index (χ0) is 24.9. The smallest absolute Gasteiger partial charge is 0.240 e. The second-order valence-corrected chi connectivity index (χ2v) is 9.09. The monoisotopic (exact) mass is 487 g/mol. The van der Waals surface area contributed by atoms with Crippen LogP contribution in [-0.2, 0) is 17.8 Å². The van der Waals surface area contributed by atoms with Crippen molar-refractivity contribution in [2.75, 3.05) is 0 Å². The van der Waals surface area contributed by atoms with E-state index in [0.717, 1.165) is 12.8 Å². The highest BCUT2D eigenvalue weighted by Crippen LogP contribution is 2.17. The normalized spacial score (nSPS) is 11.9. The summed E-state index contributed by atoms with van der Waals surface area (Å²) in [4.78, 5) is 43.7. The Kier molecular flexibility index (Phi) is 7.42. The number of aryl methyl sites for hydroxylation is 2. The predicted octanol–water partition coefficient (Wildman–Crippen LogP) is 4.73. The Labute approximate surface area is 208 Å². The first-order valence-corrected chi connectivity index (χ1v) is 11.8. The van der Waals surface area contributed by atoms with Crippen LogP contribution in [0.15, 0.2) is 77.7 Å². The van der Waals surface area contributed by atoms with E-state index in [2.05, 4.69) is 22.4 Å². The lowest BCUT2D eigenvalue weighted by Gasteiger charge is -2.16. The van der Waals surface area contributed by atoms with Crippen LogP contribution < -0.4 is 10.7 Å². The molecule has 7 heteroatoms. The molecule has 4 rings (SSSR count). The number of halogens is 1. The molecule has 1 atom stereocenters. The molecule has 0 bridgehead atoms. The molecule has 0 aliphatic carbocycles. The van der Waals surface area contributed by atoms with Crippen LogP contribution in [0.4, 0.5) is 0 Å². The topological polar surface area (TPSA) is 81.1 Å². The molecule has 0 spiro atoms. The van der Waals surface area contributed by atoms with Crippen LogP contribution in [0.2, 0.25) is 5.02 Å². The van der Waals surface area contributed by atoms with E-state index >= 15 is 0 Å². The molecule has 0 aliphatic heterocycles. The quantitative estimate of drug-likeness (QED) is 0.364. The van der Waals surface area contributed by atoms with Crippen molar-refractivity contribution in [1.82, 2.24) is 14.9 Å². The molecule has 1 N–H and O–H groups in total. The standard InChI is InChI=1S/C28H26ClN3O3/c1-18(11-13-20-7-4-3-5-8-20)30-25(33)17-32-16-24(26(34)21-9-6-10-22(29)15-21)27(35)23-14-12-19(2)31-28(23)32/h3-10,12,14-16,18H,11,13,17H2,1-2H3,(H,30,33)/t18-/m0/s1. The van der Waals surface area contributed by atoms with Crippen LogP contribution in [0.1, 0.15) is 40.5 Å². The van der Waals surface area contributed by atoms with Crippen molar-refractivity contribution in [3.8, 4) is 0 Å². The predicted molar refractivity (Wildman–Crippen MR) is 138 cm³/mol. The van der Waals surface area contributed by atoms with E-state index < -0.39 is 11.2 Å². The van der Waals surface area contributed by atoms with Gasteiger partial charge in [0, 0.05) is 28.5 Å². The van der Waals surface area contributed by atoms with Gasteiger partial charge in [-0.3, -0.25) is 14.4 Å². The lowest BCUT2D eigenvalue weighted by Crippen LogP contribution is -2.36. The highest BCUT2D eigenvalue weighted by atomic mass is 35.5. The van der Waals surface area contributed by atoms with Gasteiger partial charge in [0.25, 0.3) is 0 Å². The van der Waals surface area contributed by atoms with Gasteiger partial charge in [-0.1, -0.05) is 54.1 Å². The minimum absolute atomic E-state index is 0.0321. The van der Waals surface area contributed by atoms with E-state index in [1.54, 1.807) is 34.9 Å². The molecule has 1 amide bonds. The number of aromatic nitrogens is 2. The van der Waals surface area contributed by atoms with E-state index in [-0.39, 0.29) is 29.4 Å². The van der Waals surface area contributed by atoms with Gasteiger partial charge in [-0.2, -0.15) is 0 Å². The van der Waals surface area contributed by atoms with Gasteiger partial charge in [-0.05, 0) is 56.5 Å². The molecule has 0 unspecified atom stereocenters. The Bertz CT molecular complexity index is 1450. The highest BCUT2D eigenvalue weighted by molar-refractivity contribution is 6.31. The number of amides is 1. The summed E-state index contributed by atoms with van der Waals surface area (Å²) >= 11 is 6.04. The van der Waals surface area contributed by atoms with Gasteiger partial charge in [0.1, 0.15) is 12.2 Å². The van der Waals surface area contributed by atoms with E-state index in [1.165, 1.54) is 17.8 Å². The molecule has 0 fully saturated rings. The maximum atomic E-state index is 13.2. The summed E-state index contributed by atoms with van der Waals surface area (Å²) in [5.74, 6) is -0.676. The fourth-order valence-corrected chi connectivity index (χ4v) is 4.19. The van der Waals surface area contributed by atoms with Gasteiger partial charge in [0.05, 0.1) is 10.9 Å². The second kappa shape index (κ2) is 10.7. The molecule has 2 aromatic carbocycles. The van der Waals surface area contributed by atoms with Crippen LogP contribution in [0, 0.1) is 6.92 Å². The van der Waals surface area contributed by atoms with Crippen molar-refractivity contribution in [1.29, 1.82) is 0 Å². The lowest BCUT2D eigenvalue weighted by molar-refractivity contribution is -0.122. The van der Waals surface area contributed by atoms with Crippen molar-refractivity contribution < 1.29 is 9.59 Å². The first-order valence-electron chi connectivity index (χ1n) is 11.5. The maximum Gasteiger partial charge on any atom is 0.240 e. The third kappa shape index (κ3) is 5.84. The summed E-state index contributed by atoms with van der Waals surface area (Å²) in [5, 5.41) is 3.70. The number of rotatable bonds is 8. The molecule has 0 radical (unpaired) electrons. The van der Waals surface area contributed by atoms with E-state index in [0.29, 0.717) is 21.9 Å². The van der Waals surface area contributed by atoms with E-state index in [9.17, 15) is 14.4 Å². The average Bonchev–Trinajstić information content (AvgIpc) is 2.84. The summed E-state index contributed by atoms with van der Waals surface area (Å²) < 4.78 is 1.57. The molecule has 0 aliphatic rings. The number of nitrogens with one attached hydrogen (secondary N) is 1. The number of hydrogen-bond acceptors (Lipinski definition) is 4. The zero-order valence-electron chi connectivity index (χ0n) is 19.6. The summed E-state index contributed by atoms with van der Waals surface area (Å²) in [7, 11) is 0. The second-order valence-electron chi connectivity index (χ2n) is 8.66. The molecular weight excluding hydrogens is 462 g/mol. The van der Waals surface area contributed by atoms with Crippen LogP contribution in [0.5, 0.6) is 0 Å². The van der Waals surface area contributed by atoms with Crippen LogP contribution >= 0.6 is 11.6 Å². The first kappa shape index (κ1) is 24.4. The minimum Gasteiger partial charge on any atom is -0.352 e. The van der Waals surface area contributed by atoms with Crippen molar-refractivity contribution in [2.24, 2.45) is 0 Å². The number of hydrogen-bond donors (Lipinski definition) is 1. The van der Waals surface area contributed by atoms with Crippen molar-refractivity contribution in [3.63, 3.8) is 0 Å². The average molecular weight is 488 g/mol. The number of pyridine rings is 2. The molecule has 2 heterocycles. The number of benzene rings is 2. The van der Waals surface area contributed by atoms with Crippen LogP contribution in [-0.4, -0.2) is 27.3 Å². The Morgan fingerprint density at radius 3 is 2.57 bits per heavy atom. The lowest BCUT2D eigenvalue weighted by atomic mass is 10.0. The SMILES string of the molecule is Cc1ccc2c(=O)c(C(=O)c3cccc(Cl)c3)cn(CC(=O)N[C@@H](C)CCc3ccccc3)c2n1. The fourth-order valence-electron chi connectivity index (χ4n) is 4.00. The van der Waals surface area contributed by atoms with Gasteiger partial charge < -0.3 is 9.88 Å². The summed E-state index contributed by atoms with van der Waals surface area (Å²) in [6, 6.07) is 19.9. The number of ketones is 1. The molecule has 4 aromatic rings. The van der Waals surface area contributed by atoms with Gasteiger partial charge in [-0.25, -0.2) is 4.98 Å². The number of fused-ring (bicyclic) bond motifs is 1. The van der Waals surface area contributed by atoms with Gasteiger partial charge in [0.15, 0.2) is 5.78 Å². The Balaban J connectivity index is 1.60. The van der Waals surface area contributed by atoms with Crippen molar-refractivity contribution >= 4 is 34.3 Å². The van der Waals surface area contributed by atoms with E-state index in [4.69, 9.17) is 11.6 Å². The Morgan fingerprint density at radius 2 is 1.83 bits per heavy atom. The molecule has 6 nitrogen and oxygen atoms in total. The highest BCUT2D eigenvalue weighted by Gasteiger charge is 2.19. The Hall–Kier alpha value is -3.77. The third-order valence-electron chi connectivity index (χ3n) is 5.82. The fraction of sp³-hybridized carbons (Fsp3) is 0.214. The molecule has 2 aromatic heterocycles. The maximum absolute atomic E-state index is 13.2. The molecule has 0 saturated carbocycles. The summed E-state index contributed by atoms with van der Waals surface area (Å²) in [6.07, 6.45) is 3.06. The summed E-state index contributed by atoms with van der Waals surface area (Å²) in [5.41, 5.74) is 2.13.